The van der Waals surface area contributed by atoms with Gasteiger partial charge in [0.1, 0.15) is 0 Å². The molecule has 1 aromatic heterocycles. The Bertz CT molecular complexity index is 391. The van der Waals surface area contributed by atoms with E-state index in [1.807, 2.05) is 23.4 Å². The number of likely N-dealkylation sites (tertiary alicyclic amines) is 1. The van der Waals surface area contributed by atoms with Crippen molar-refractivity contribution in [3.8, 4) is 0 Å². The number of piperidine rings is 1. The van der Waals surface area contributed by atoms with Crippen LogP contribution in [0.2, 0.25) is 0 Å². The van der Waals surface area contributed by atoms with Crippen molar-refractivity contribution in [1.29, 1.82) is 0 Å². The molecule has 3 nitrogen and oxygen atoms in total. The van der Waals surface area contributed by atoms with E-state index in [4.69, 9.17) is 0 Å². The summed E-state index contributed by atoms with van der Waals surface area (Å²) in [4.78, 5) is 18.0. The van der Waals surface area contributed by atoms with Crippen LogP contribution in [0, 0.1) is 0 Å². The van der Waals surface area contributed by atoms with E-state index in [2.05, 4.69) is 11.1 Å². The second-order valence-electron chi connectivity index (χ2n) is 4.36. The summed E-state index contributed by atoms with van der Waals surface area (Å²) >= 11 is 1.64. The van der Waals surface area contributed by atoms with Crippen molar-refractivity contribution in [3.63, 3.8) is 0 Å². The molecule has 0 spiro atoms. The summed E-state index contributed by atoms with van der Waals surface area (Å²) in [6.07, 6.45) is 7.30. The summed E-state index contributed by atoms with van der Waals surface area (Å²) in [6.45, 7) is 2.53. The zero-order valence-electron chi connectivity index (χ0n) is 10.3. The highest BCUT2D eigenvalue weighted by Crippen LogP contribution is 2.30. The van der Waals surface area contributed by atoms with E-state index in [-0.39, 0.29) is 11.9 Å². The van der Waals surface area contributed by atoms with E-state index in [0.29, 0.717) is 0 Å². The Morgan fingerprint density at radius 3 is 2.88 bits per heavy atom. The molecule has 0 saturated carbocycles. The average Bonchev–Trinajstić information content (AvgIpc) is 2.39. The van der Waals surface area contributed by atoms with Crippen LogP contribution in [-0.2, 0) is 4.79 Å². The minimum absolute atomic E-state index is 0.170. The lowest BCUT2D eigenvalue weighted by atomic mass is 9.96. The van der Waals surface area contributed by atoms with Crippen LogP contribution < -0.4 is 0 Å². The van der Waals surface area contributed by atoms with Crippen LogP contribution in [0.1, 0.15) is 37.8 Å². The van der Waals surface area contributed by atoms with Gasteiger partial charge < -0.3 is 4.90 Å². The first-order valence-corrected chi connectivity index (χ1v) is 7.22. The minimum Gasteiger partial charge on any atom is -0.336 e. The van der Waals surface area contributed by atoms with Gasteiger partial charge in [-0.2, -0.15) is 0 Å². The lowest BCUT2D eigenvalue weighted by Crippen LogP contribution is -2.36. The summed E-state index contributed by atoms with van der Waals surface area (Å²) < 4.78 is 0. The third-order valence-electron chi connectivity index (χ3n) is 3.26. The smallest absolute Gasteiger partial charge is 0.219 e. The molecule has 1 fully saturated rings. The molecular weight excluding hydrogens is 232 g/mol. The van der Waals surface area contributed by atoms with Gasteiger partial charge in [-0.05, 0) is 37.1 Å². The van der Waals surface area contributed by atoms with Crippen LogP contribution in [0.15, 0.2) is 23.4 Å². The van der Waals surface area contributed by atoms with Gasteiger partial charge in [0.25, 0.3) is 0 Å². The highest BCUT2D eigenvalue weighted by atomic mass is 32.2. The number of rotatable bonds is 2. The fourth-order valence-electron chi connectivity index (χ4n) is 2.36. The number of carbonyl (C=O) groups excluding carboxylic acids is 1. The molecule has 2 rings (SSSR count). The number of pyridine rings is 1. The summed E-state index contributed by atoms with van der Waals surface area (Å²) in [5.41, 5.74) is 1.16. The summed E-state index contributed by atoms with van der Waals surface area (Å²) in [5, 5.41) is 1.03. The van der Waals surface area contributed by atoms with Gasteiger partial charge in [0.05, 0.1) is 11.1 Å². The zero-order valence-corrected chi connectivity index (χ0v) is 11.2. The Kier molecular flexibility index (Phi) is 4.05. The van der Waals surface area contributed by atoms with Crippen LogP contribution in [0.4, 0.5) is 0 Å². The van der Waals surface area contributed by atoms with E-state index in [1.54, 1.807) is 18.7 Å². The maximum Gasteiger partial charge on any atom is 0.219 e. The zero-order chi connectivity index (χ0) is 12.3. The molecule has 2 heterocycles. The maximum absolute atomic E-state index is 11.6. The average molecular weight is 250 g/mol. The predicted molar refractivity (Wildman–Crippen MR) is 70.0 cm³/mol. The van der Waals surface area contributed by atoms with Crippen molar-refractivity contribution < 1.29 is 4.79 Å². The number of hydrogen-bond donors (Lipinski definition) is 0. The van der Waals surface area contributed by atoms with Crippen molar-refractivity contribution in [3.05, 3.63) is 23.9 Å². The van der Waals surface area contributed by atoms with Gasteiger partial charge in [0.15, 0.2) is 0 Å². The topological polar surface area (TPSA) is 33.2 Å². The molecule has 17 heavy (non-hydrogen) atoms. The Morgan fingerprint density at radius 2 is 2.29 bits per heavy atom. The summed E-state index contributed by atoms with van der Waals surface area (Å²) in [6, 6.07) is 4.36. The van der Waals surface area contributed by atoms with Crippen LogP contribution in [-0.4, -0.2) is 28.6 Å². The Labute approximate surface area is 107 Å². The highest BCUT2D eigenvalue weighted by Gasteiger charge is 2.25. The molecule has 0 bridgehead atoms. The van der Waals surface area contributed by atoms with E-state index in [0.717, 1.165) is 30.0 Å². The molecular formula is C13H18N2OS. The molecule has 0 aliphatic carbocycles. The van der Waals surface area contributed by atoms with Gasteiger partial charge in [-0.25, -0.2) is 4.98 Å². The predicted octanol–water partition coefficient (Wildman–Crippen LogP) is 2.88. The van der Waals surface area contributed by atoms with Gasteiger partial charge in [-0.1, -0.05) is 6.07 Å². The third kappa shape index (κ3) is 2.80. The fraction of sp³-hybridized carbons (Fsp3) is 0.538. The highest BCUT2D eigenvalue weighted by molar-refractivity contribution is 7.98. The molecule has 1 unspecified atom stereocenters. The van der Waals surface area contributed by atoms with Gasteiger partial charge in [0.2, 0.25) is 5.91 Å². The standard InChI is InChI=1S/C13H18N2OS/c1-10(16)15-8-4-3-5-12(15)11-6-7-13(17-2)14-9-11/h6-7,9,12H,3-5,8H2,1-2H3. The van der Waals surface area contributed by atoms with Crippen molar-refractivity contribution in [2.75, 3.05) is 12.8 Å². The molecule has 0 N–H and O–H groups in total. The lowest BCUT2D eigenvalue weighted by Gasteiger charge is -2.35. The summed E-state index contributed by atoms with van der Waals surface area (Å²) in [5.74, 6) is 0.170. The van der Waals surface area contributed by atoms with E-state index >= 15 is 0 Å². The van der Waals surface area contributed by atoms with Crippen molar-refractivity contribution in [2.24, 2.45) is 0 Å². The molecule has 1 aliphatic heterocycles. The molecule has 4 heteroatoms. The van der Waals surface area contributed by atoms with Gasteiger partial charge in [0, 0.05) is 19.7 Å². The summed E-state index contributed by atoms with van der Waals surface area (Å²) in [7, 11) is 0. The minimum atomic E-state index is 0.170. The van der Waals surface area contributed by atoms with Crippen LogP contribution in [0.5, 0.6) is 0 Å². The Hall–Kier alpha value is -1.03. The number of amides is 1. The van der Waals surface area contributed by atoms with E-state index < -0.39 is 0 Å². The second kappa shape index (κ2) is 5.54. The second-order valence-corrected chi connectivity index (χ2v) is 5.18. The SMILES string of the molecule is CSc1ccc(C2CCCCN2C(C)=O)cn1. The Morgan fingerprint density at radius 1 is 1.47 bits per heavy atom. The normalized spacial score (nSPS) is 20.4. The molecule has 1 atom stereocenters. The maximum atomic E-state index is 11.6. The number of aromatic nitrogens is 1. The number of hydrogen-bond acceptors (Lipinski definition) is 3. The lowest BCUT2D eigenvalue weighted by molar-refractivity contribution is -0.132. The Balaban J connectivity index is 2.20. The van der Waals surface area contributed by atoms with Gasteiger partial charge >= 0.3 is 0 Å². The van der Waals surface area contributed by atoms with Crippen molar-refractivity contribution in [2.45, 2.75) is 37.3 Å². The molecule has 0 aromatic carbocycles. The monoisotopic (exact) mass is 250 g/mol. The van der Waals surface area contributed by atoms with Gasteiger partial charge in [-0.15, -0.1) is 11.8 Å². The molecule has 1 aromatic rings. The van der Waals surface area contributed by atoms with E-state index in [9.17, 15) is 4.79 Å². The molecule has 92 valence electrons. The third-order valence-corrected chi connectivity index (χ3v) is 3.92. The van der Waals surface area contributed by atoms with Crippen LogP contribution in [0.3, 0.4) is 0 Å². The van der Waals surface area contributed by atoms with Gasteiger partial charge in [-0.3, -0.25) is 4.79 Å². The van der Waals surface area contributed by atoms with Crippen molar-refractivity contribution >= 4 is 17.7 Å². The molecule has 0 radical (unpaired) electrons. The first-order chi connectivity index (χ1) is 8.22. The van der Waals surface area contributed by atoms with Crippen molar-refractivity contribution in [1.82, 2.24) is 9.88 Å². The number of thioether (sulfide) groups is 1. The number of carbonyl (C=O) groups is 1. The molecule has 1 aliphatic rings. The molecule has 1 saturated heterocycles. The number of nitrogens with zero attached hydrogens (tertiary/aromatic N) is 2. The van der Waals surface area contributed by atoms with Crippen LogP contribution >= 0.6 is 11.8 Å². The fourth-order valence-corrected chi connectivity index (χ4v) is 2.73. The van der Waals surface area contributed by atoms with Crippen LogP contribution in [0.25, 0.3) is 0 Å². The first kappa shape index (κ1) is 12.4. The first-order valence-electron chi connectivity index (χ1n) is 5.99. The largest absolute Gasteiger partial charge is 0.336 e. The molecule has 1 amide bonds. The quantitative estimate of drug-likeness (QED) is 0.757. The van der Waals surface area contributed by atoms with E-state index in [1.165, 1.54) is 6.42 Å².